The standard InChI is InChI=1S/C13H16N4S/c1-2-12-16-11(9-18-12)8-15-13(14)17-10-6-4-3-5-7-10/h3-7,9H,2,8H2,1H3,(H3,14,15,17). The molecule has 0 amide bonds. The van der Waals surface area contributed by atoms with Gasteiger partial charge in [-0.05, 0) is 18.6 Å². The van der Waals surface area contributed by atoms with Gasteiger partial charge in [-0.25, -0.2) is 9.98 Å². The first kappa shape index (κ1) is 12.6. The fourth-order valence-corrected chi connectivity index (χ4v) is 2.19. The Labute approximate surface area is 111 Å². The summed E-state index contributed by atoms with van der Waals surface area (Å²) in [6, 6.07) is 9.74. The maximum atomic E-state index is 5.81. The Hall–Kier alpha value is -1.88. The molecule has 1 aromatic heterocycles. The molecule has 2 rings (SSSR count). The fourth-order valence-electron chi connectivity index (χ4n) is 1.46. The number of guanidine groups is 1. The molecule has 1 heterocycles. The number of para-hydroxylation sites is 1. The van der Waals surface area contributed by atoms with E-state index in [0.717, 1.165) is 22.8 Å². The number of aliphatic imine (C=N–C) groups is 1. The quantitative estimate of drug-likeness (QED) is 0.656. The van der Waals surface area contributed by atoms with E-state index in [4.69, 9.17) is 5.73 Å². The van der Waals surface area contributed by atoms with Crippen LogP contribution in [-0.2, 0) is 13.0 Å². The van der Waals surface area contributed by atoms with Crippen LogP contribution in [0.25, 0.3) is 0 Å². The molecule has 0 aliphatic heterocycles. The largest absolute Gasteiger partial charge is 0.370 e. The van der Waals surface area contributed by atoms with Gasteiger partial charge >= 0.3 is 0 Å². The van der Waals surface area contributed by atoms with Crippen molar-refractivity contribution < 1.29 is 0 Å². The lowest BCUT2D eigenvalue weighted by Crippen LogP contribution is -2.22. The third-order valence-corrected chi connectivity index (χ3v) is 3.40. The van der Waals surface area contributed by atoms with Gasteiger partial charge in [-0.15, -0.1) is 11.3 Å². The summed E-state index contributed by atoms with van der Waals surface area (Å²) in [5, 5.41) is 6.20. The van der Waals surface area contributed by atoms with Crippen molar-refractivity contribution in [3.8, 4) is 0 Å². The third kappa shape index (κ3) is 3.56. The number of hydrogen-bond acceptors (Lipinski definition) is 3. The van der Waals surface area contributed by atoms with Crippen molar-refractivity contribution in [3.63, 3.8) is 0 Å². The van der Waals surface area contributed by atoms with E-state index >= 15 is 0 Å². The number of nitrogens with one attached hydrogen (secondary N) is 1. The van der Waals surface area contributed by atoms with Crippen molar-refractivity contribution in [2.75, 3.05) is 5.32 Å². The highest BCUT2D eigenvalue weighted by atomic mass is 32.1. The molecule has 0 saturated carbocycles. The summed E-state index contributed by atoms with van der Waals surface area (Å²) in [5.74, 6) is 0.409. The smallest absolute Gasteiger partial charge is 0.193 e. The third-order valence-electron chi connectivity index (χ3n) is 2.36. The summed E-state index contributed by atoms with van der Waals surface area (Å²) in [7, 11) is 0. The molecule has 0 aliphatic carbocycles. The van der Waals surface area contributed by atoms with Crippen LogP contribution in [0, 0.1) is 0 Å². The number of thiazole rings is 1. The van der Waals surface area contributed by atoms with E-state index in [0.29, 0.717) is 12.5 Å². The normalized spacial score (nSPS) is 11.5. The highest BCUT2D eigenvalue weighted by Gasteiger charge is 1.99. The summed E-state index contributed by atoms with van der Waals surface area (Å²) in [6.45, 7) is 2.61. The Morgan fingerprint density at radius 2 is 2.17 bits per heavy atom. The molecule has 94 valence electrons. The minimum absolute atomic E-state index is 0.409. The minimum atomic E-state index is 0.409. The Morgan fingerprint density at radius 3 is 2.83 bits per heavy atom. The SMILES string of the molecule is CCc1nc(CN=C(N)Nc2ccccc2)cs1. The second-order valence-electron chi connectivity index (χ2n) is 3.78. The Kier molecular flexibility index (Phi) is 4.30. The predicted molar refractivity (Wildman–Crippen MR) is 76.9 cm³/mol. The van der Waals surface area contributed by atoms with Gasteiger partial charge in [0.1, 0.15) is 0 Å². The molecule has 5 heteroatoms. The van der Waals surface area contributed by atoms with Gasteiger partial charge in [-0.1, -0.05) is 25.1 Å². The molecule has 0 saturated heterocycles. The lowest BCUT2D eigenvalue weighted by Gasteiger charge is -2.04. The molecule has 0 aliphatic rings. The van der Waals surface area contributed by atoms with E-state index in [1.807, 2.05) is 35.7 Å². The van der Waals surface area contributed by atoms with Gasteiger partial charge in [-0.3, -0.25) is 0 Å². The summed E-state index contributed by atoms with van der Waals surface area (Å²) >= 11 is 1.66. The first-order chi connectivity index (χ1) is 8.78. The first-order valence-electron chi connectivity index (χ1n) is 5.83. The van der Waals surface area contributed by atoms with Gasteiger partial charge in [-0.2, -0.15) is 0 Å². The van der Waals surface area contributed by atoms with Crippen molar-refractivity contribution >= 4 is 23.0 Å². The minimum Gasteiger partial charge on any atom is -0.370 e. The predicted octanol–water partition coefficient (Wildman–Crippen LogP) is 2.63. The van der Waals surface area contributed by atoms with E-state index in [9.17, 15) is 0 Å². The molecule has 0 fully saturated rings. The van der Waals surface area contributed by atoms with Crippen LogP contribution in [0.3, 0.4) is 0 Å². The van der Waals surface area contributed by atoms with Crippen LogP contribution in [0.5, 0.6) is 0 Å². The Balaban J connectivity index is 1.93. The fraction of sp³-hybridized carbons (Fsp3) is 0.231. The highest BCUT2D eigenvalue weighted by Crippen LogP contribution is 2.11. The number of hydrogen-bond donors (Lipinski definition) is 2. The van der Waals surface area contributed by atoms with Crippen molar-refractivity contribution in [3.05, 3.63) is 46.4 Å². The van der Waals surface area contributed by atoms with E-state index < -0.39 is 0 Å². The topological polar surface area (TPSA) is 63.3 Å². The van der Waals surface area contributed by atoms with Crippen molar-refractivity contribution in [1.82, 2.24) is 4.98 Å². The average molecular weight is 260 g/mol. The van der Waals surface area contributed by atoms with E-state index in [1.54, 1.807) is 11.3 Å². The number of nitrogens with zero attached hydrogens (tertiary/aromatic N) is 2. The lowest BCUT2D eigenvalue weighted by atomic mass is 10.3. The average Bonchev–Trinajstić information content (AvgIpc) is 2.85. The monoisotopic (exact) mass is 260 g/mol. The molecule has 0 atom stereocenters. The maximum Gasteiger partial charge on any atom is 0.193 e. The maximum absolute atomic E-state index is 5.81. The van der Waals surface area contributed by atoms with Crippen LogP contribution >= 0.6 is 11.3 Å². The molecule has 0 unspecified atom stereocenters. The second kappa shape index (κ2) is 6.16. The van der Waals surface area contributed by atoms with Crippen molar-refractivity contribution in [2.24, 2.45) is 10.7 Å². The summed E-state index contributed by atoms with van der Waals surface area (Å²) < 4.78 is 0. The van der Waals surface area contributed by atoms with Gasteiger partial charge in [0.05, 0.1) is 17.2 Å². The lowest BCUT2D eigenvalue weighted by molar-refractivity contribution is 0.969. The Morgan fingerprint density at radius 1 is 1.39 bits per heavy atom. The number of anilines is 1. The first-order valence-corrected chi connectivity index (χ1v) is 6.71. The van der Waals surface area contributed by atoms with Crippen molar-refractivity contribution in [1.29, 1.82) is 0 Å². The summed E-state index contributed by atoms with van der Waals surface area (Å²) in [5.41, 5.74) is 7.71. The number of rotatable bonds is 4. The summed E-state index contributed by atoms with van der Waals surface area (Å²) in [4.78, 5) is 8.70. The molecule has 0 spiro atoms. The van der Waals surface area contributed by atoms with E-state index in [2.05, 4.69) is 22.2 Å². The molecule has 3 N–H and O–H groups in total. The number of benzene rings is 1. The van der Waals surface area contributed by atoms with Gasteiger partial charge in [0.2, 0.25) is 0 Å². The highest BCUT2D eigenvalue weighted by molar-refractivity contribution is 7.09. The zero-order valence-electron chi connectivity index (χ0n) is 10.3. The molecule has 1 aromatic carbocycles. The molecular formula is C13H16N4S. The molecule has 0 radical (unpaired) electrons. The second-order valence-corrected chi connectivity index (χ2v) is 4.72. The van der Waals surface area contributed by atoms with E-state index in [-0.39, 0.29) is 0 Å². The van der Waals surface area contributed by atoms with Crippen LogP contribution < -0.4 is 11.1 Å². The molecule has 18 heavy (non-hydrogen) atoms. The van der Waals surface area contributed by atoms with E-state index in [1.165, 1.54) is 0 Å². The number of nitrogens with two attached hydrogens (primary N) is 1. The van der Waals surface area contributed by atoms with Crippen molar-refractivity contribution in [2.45, 2.75) is 19.9 Å². The van der Waals surface area contributed by atoms with Gasteiger partial charge in [0.25, 0.3) is 0 Å². The van der Waals surface area contributed by atoms with Crippen LogP contribution in [-0.4, -0.2) is 10.9 Å². The zero-order chi connectivity index (χ0) is 12.8. The molecule has 0 bridgehead atoms. The molecule has 4 nitrogen and oxygen atoms in total. The summed E-state index contributed by atoms with van der Waals surface area (Å²) in [6.07, 6.45) is 0.964. The zero-order valence-corrected chi connectivity index (χ0v) is 11.1. The molecular weight excluding hydrogens is 244 g/mol. The van der Waals surface area contributed by atoms with Crippen LogP contribution in [0.15, 0.2) is 40.7 Å². The van der Waals surface area contributed by atoms with Gasteiger partial charge in [0.15, 0.2) is 5.96 Å². The van der Waals surface area contributed by atoms with Gasteiger partial charge < -0.3 is 11.1 Å². The Bertz CT molecular complexity index is 519. The van der Waals surface area contributed by atoms with Crippen LogP contribution in [0.2, 0.25) is 0 Å². The molecule has 2 aromatic rings. The van der Waals surface area contributed by atoms with Crippen LogP contribution in [0.4, 0.5) is 5.69 Å². The number of aryl methyl sites for hydroxylation is 1. The number of aromatic nitrogens is 1. The van der Waals surface area contributed by atoms with Crippen LogP contribution in [0.1, 0.15) is 17.6 Å². The van der Waals surface area contributed by atoms with Gasteiger partial charge in [0, 0.05) is 11.1 Å².